The number of carbonyl (C=O) groups excluding carboxylic acids is 1. The highest BCUT2D eigenvalue weighted by molar-refractivity contribution is 5.72. The van der Waals surface area contributed by atoms with E-state index in [2.05, 4.69) is 24.4 Å². The van der Waals surface area contributed by atoms with Gasteiger partial charge in [0.05, 0.1) is 0 Å². The quantitative estimate of drug-likeness (QED) is 0.686. The second kappa shape index (κ2) is 3.21. The summed E-state index contributed by atoms with van der Waals surface area (Å²) in [5, 5.41) is 2.68. The smallest absolute Gasteiger partial charge is 0.211 e. The van der Waals surface area contributed by atoms with Crippen molar-refractivity contribution in [3.63, 3.8) is 0 Å². The first kappa shape index (κ1) is 8.30. The van der Waals surface area contributed by atoms with E-state index in [-0.39, 0.29) is 0 Å². The minimum Gasteiger partial charge on any atom is -0.329 e. The first-order valence-corrected chi connectivity index (χ1v) is 4.64. The Kier molecular flexibility index (Phi) is 2.05. The number of nitrogens with one attached hydrogen (secondary N) is 1. The van der Waals surface area contributed by atoms with Crippen LogP contribution in [0.1, 0.15) is 30.4 Å². The van der Waals surface area contributed by atoms with Crippen molar-refractivity contribution in [3.8, 4) is 0 Å². The van der Waals surface area contributed by atoms with Crippen molar-refractivity contribution in [1.29, 1.82) is 0 Å². The van der Waals surface area contributed by atoms with Gasteiger partial charge in [0.25, 0.3) is 0 Å². The molecule has 1 aliphatic carbocycles. The van der Waals surface area contributed by atoms with E-state index in [1.807, 2.05) is 6.07 Å². The fourth-order valence-corrected chi connectivity index (χ4v) is 1.97. The van der Waals surface area contributed by atoms with Gasteiger partial charge in [0.15, 0.2) is 0 Å². The zero-order valence-corrected chi connectivity index (χ0v) is 7.71. The molecule has 2 rings (SSSR count). The molecule has 0 aliphatic heterocycles. The van der Waals surface area contributed by atoms with E-state index in [1.165, 1.54) is 24.0 Å². The van der Waals surface area contributed by atoms with Crippen molar-refractivity contribution >= 4 is 12.1 Å². The highest BCUT2D eigenvalue weighted by atomic mass is 16.1. The van der Waals surface area contributed by atoms with E-state index in [0.717, 1.165) is 12.1 Å². The maximum Gasteiger partial charge on any atom is 0.211 e. The molecule has 1 aliphatic rings. The average Bonchev–Trinajstić information content (AvgIpc) is 2.49. The molecule has 1 aromatic rings. The fourth-order valence-electron chi connectivity index (χ4n) is 1.97. The van der Waals surface area contributed by atoms with Crippen LogP contribution >= 0.6 is 0 Å². The molecule has 2 nitrogen and oxygen atoms in total. The van der Waals surface area contributed by atoms with Crippen LogP contribution in [-0.2, 0) is 11.2 Å². The van der Waals surface area contributed by atoms with Crippen molar-refractivity contribution in [2.24, 2.45) is 0 Å². The van der Waals surface area contributed by atoms with Gasteiger partial charge in [-0.3, -0.25) is 4.79 Å². The lowest BCUT2D eigenvalue weighted by Crippen LogP contribution is -1.95. The van der Waals surface area contributed by atoms with Crippen LogP contribution in [0.2, 0.25) is 0 Å². The molecule has 0 bridgehead atoms. The molecule has 0 aromatic heterocycles. The molecule has 1 amide bonds. The number of aryl methyl sites for hydroxylation is 1. The van der Waals surface area contributed by atoms with Crippen LogP contribution in [0.3, 0.4) is 0 Å². The van der Waals surface area contributed by atoms with E-state index in [1.54, 1.807) is 0 Å². The van der Waals surface area contributed by atoms with Gasteiger partial charge in [0.2, 0.25) is 6.41 Å². The number of hydrogen-bond acceptors (Lipinski definition) is 1. The van der Waals surface area contributed by atoms with E-state index in [0.29, 0.717) is 5.92 Å². The van der Waals surface area contributed by atoms with Crippen LogP contribution in [0.5, 0.6) is 0 Å². The van der Waals surface area contributed by atoms with Crippen molar-refractivity contribution < 1.29 is 4.79 Å². The van der Waals surface area contributed by atoms with Crippen molar-refractivity contribution in [2.75, 3.05) is 5.32 Å². The molecule has 0 saturated carbocycles. The van der Waals surface area contributed by atoms with Gasteiger partial charge in [-0.25, -0.2) is 0 Å². The molecule has 1 aromatic carbocycles. The maximum atomic E-state index is 10.2. The van der Waals surface area contributed by atoms with Crippen LogP contribution in [0, 0.1) is 0 Å². The summed E-state index contributed by atoms with van der Waals surface area (Å²) in [5.74, 6) is 0.642. The number of hydrogen-bond donors (Lipinski definition) is 1. The summed E-state index contributed by atoms with van der Waals surface area (Å²) in [7, 11) is 0. The average molecular weight is 175 g/mol. The third-order valence-corrected chi connectivity index (χ3v) is 2.75. The number of amides is 1. The predicted octanol–water partition coefficient (Wildman–Crippen LogP) is 2.30. The molecule has 68 valence electrons. The zero-order chi connectivity index (χ0) is 9.26. The third kappa shape index (κ3) is 1.44. The minimum absolute atomic E-state index is 0.642. The van der Waals surface area contributed by atoms with Crippen molar-refractivity contribution in [2.45, 2.75) is 25.7 Å². The Labute approximate surface area is 78.0 Å². The lowest BCUT2D eigenvalue weighted by Gasteiger charge is -2.06. The van der Waals surface area contributed by atoms with Crippen LogP contribution in [-0.4, -0.2) is 6.41 Å². The Morgan fingerprint density at radius 2 is 2.38 bits per heavy atom. The number of benzene rings is 1. The van der Waals surface area contributed by atoms with Gasteiger partial charge in [-0.1, -0.05) is 13.0 Å². The standard InChI is InChI=1S/C11H13NO/c1-8-2-3-9-4-5-10(12-7-13)6-11(8)9/h4-8H,2-3H2,1H3,(H,12,13). The maximum absolute atomic E-state index is 10.2. The lowest BCUT2D eigenvalue weighted by molar-refractivity contribution is -0.105. The number of fused-ring (bicyclic) bond motifs is 1. The van der Waals surface area contributed by atoms with Crippen molar-refractivity contribution in [3.05, 3.63) is 29.3 Å². The summed E-state index contributed by atoms with van der Waals surface area (Å²) in [4.78, 5) is 10.2. The number of carbonyl (C=O) groups is 1. The van der Waals surface area contributed by atoms with Gasteiger partial charge in [0, 0.05) is 5.69 Å². The van der Waals surface area contributed by atoms with Crippen LogP contribution in [0.4, 0.5) is 5.69 Å². The molecule has 0 spiro atoms. The molecular weight excluding hydrogens is 162 g/mol. The largest absolute Gasteiger partial charge is 0.329 e. The van der Waals surface area contributed by atoms with Gasteiger partial charge in [-0.2, -0.15) is 0 Å². The van der Waals surface area contributed by atoms with Crippen LogP contribution in [0.25, 0.3) is 0 Å². The van der Waals surface area contributed by atoms with Gasteiger partial charge in [-0.05, 0) is 42.0 Å². The fraction of sp³-hybridized carbons (Fsp3) is 0.364. The minimum atomic E-state index is 0.642. The molecule has 0 heterocycles. The van der Waals surface area contributed by atoms with Gasteiger partial charge in [-0.15, -0.1) is 0 Å². The topological polar surface area (TPSA) is 29.1 Å². The molecule has 1 unspecified atom stereocenters. The Balaban J connectivity index is 2.35. The molecule has 0 saturated heterocycles. The van der Waals surface area contributed by atoms with Crippen molar-refractivity contribution in [1.82, 2.24) is 0 Å². The summed E-state index contributed by atoms with van der Waals surface area (Å²) in [6.07, 6.45) is 3.14. The molecule has 1 atom stereocenters. The number of rotatable bonds is 2. The van der Waals surface area contributed by atoms with Gasteiger partial charge < -0.3 is 5.32 Å². The second-order valence-corrected chi connectivity index (χ2v) is 3.62. The van der Waals surface area contributed by atoms with E-state index >= 15 is 0 Å². The lowest BCUT2D eigenvalue weighted by atomic mass is 10.0. The monoisotopic (exact) mass is 175 g/mol. The Morgan fingerprint density at radius 1 is 1.54 bits per heavy atom. The molecule has 2 heteroatoms. The Bertz CT molecular complexity index is 333. The molecule has 0 fully saturated rings. The van der Waals surface area contributed by atoms with Gasteiger partial charge >= 0.3 is 0 Å². The molecule has 13 heavy (non-hydrogen) atoms. The summed E-state index contributed by atoms with van der Waals surface area (Å²) in [6.45, 7) is 2.23. The van der Waals surface area contributed by atoms with E-state index < -0.39 is 0 Å². The van der Waals surface area contributed by atoms with E-state index in [9.17, 15) is 4.79 Å². The normalized spacial score (nSPS) is 19.6. The molecule has 1 N–H and O–H groups in total. The zero-order valence-electron chi connectivity index (χ0n) is 7.71. The predicted molar refractivity (Wildman–Crippen MR) is 52.9 cm³/mol. The summed E-state index contributed by atoms with van der Waals surface area (Å²) in [5.41, 5.74) is 3.73. The number of anilines is 1. The Morgan fingerprint density at radius 3 is 3.15 bits per heavy atom. The summed E-state index contributed by atoms with van der Waals surface area (Å²) >= 11 is 0. The second-order valence-electron chi connectivity index (χ2n) is 3.62. The Hall–Kier alpha value is -1.31. The van der Waals surface area contributed by atoms with Gasteiger partial charge in [0.1, 0.15) is 0 Å². The summed E-state index contributed by atoms with van der Waals surface area (Å²) < 4.78 is 0. The van der Waals surface area contributed by atoms with E-state index in [4.69, 9.17) is 0 Å². The first-order valence-electron chi connectivity index (χ1n) is 4.64. The summed E-state index contributed by atoms with van der Waals surface area (Å²) in [6, 6.07) is 6.16. The van der Waals surface area contributed by atoms with Crippen LogP contribution < -0.4 is 5.32 Å². The highest BCUT2D eigenvalue weighted by Crippen LogP contribution is 2.33. The first-order chi connectivity index (χ1) is 6.31. The third-order valence-electron chi connectivity index (χ3n) is 2.75. The molecular formula is C11H13NO. The molecule has 0 radical (unpaired) electrons. The van der Waals surface area contributed by atoms with Crippen LogP contribution in [0.15, 0.2) is 18.2 Å². The highest BCUT2D eigenvalue weighted by Gasteiger charge is 2.18. The SMILES string of the molecule is CC1CCc2ccc(NC=O)cc21.